The van der Waals surface area contributed by atoms with Crippen LogP contribution in [-0.2, 0) is 24.2 Å². The molecule has 0 amide bonds. The molecule has 1 aromatic rings. The molecule has 1 aromatic carbocycles. The molecule has 0 fully saturated rings. The molecule has 0 heterocycles. The number of hydrogen-bond acceptors (Lipinski definition) is 0. The quantitative estimate of drug-likeness (QED) is 0.475. The van der Waals surface area contributed by atoms with Crippen LogP contribution in [0.2, 0.25) is 0 Å². The van der Waals surface area contributed by atoms with Crippen LogP contribution in [0.1, 0.15) is 19.8 Å². The Morgan fingerprint density at radius 1 is 1.00 bits per heavy atom. The van der Waals surface area contributed by atoms with Gasteiger partial charge in [0, 0.05) is 0 Å². The van der Waals surface area contributed by atoms with E-state index < -0.39 is 0 Å². The van der Waals surface area contributed by atoms with E-state index in [0.29, 0.717) is 0 Å². The van der Waals surface area contributed by atoms with E-state index in [1.165, 1.54) is 29.8 Å². The van der Waals surface area contributed by atoms with Crippen molar-refractivity contribution in [3.63, 3.8) is 0 Å². The van der Waals surface area contributed by atoms with Gasteiger partial charge in [0.1, 0.15) is 0 Å². The van der Waals surface area contributed by atoms with Crippen LogP contribution in [0.25, 0.3) is 0 Å². The van der Waals surface area contributed by atoms with Gasteiger partial charge < -0.3 is 7.43 Å². The Kier molecular flexibility index (Phi) is 34.2. The van der Waals surface area contributed by atoms with Crippen molar-refractivity contribution in [3.8, 4) is 0 Å². The molecule has 3 rings (SSSR count). The van der Waals surface area contributed by atoms with Gasteiger partial charge in [-0.3, -0.25) is 12.2 Å². The van der Waals surface area contributed by atoms with E-state index >= 15 is 0 Å². The number of halogens is 2. The molecule has 2 aliphatic rings. The Hall–Kier alpha value is -0.487. The molecule has 0 aliphatic heterocycles. The van der Waals surface area contributed by atoms with Gasteiger partial charge in [-0.1, -0.05) is 6.92 Å². The van der Waals surface area contributed by atoms with Gasteiger partial charge in [0.05, 0.1) is 0 Å². The zero-order valence-corrected chi connectivity index (χ0v) is 17.3. The summed E-state index contributed by atoms with van der Waals surface area (Å²) in [4.78, 5) is 0. The summed E-state index contributed by atoms with van der Waals surface area (Å²) in [5.41, 5.74) is 1.27. The first-order valence-corrected chi connectivity index (χ1v) is 7.85. The predicted octanol–water partition coefficient (Wildman–Crippen LogP) is 5.75. The third-order valence-electron chi connectivity index (χ3n) is 2.06. The Morgan fingerprint density at radius 3 is 1.77 bits per heavy atom. The molecule has 122 valence electrons. The van der Waals surface area contributed by atoms with Crippen molar-refractivity contribution in [3.05, 3.63) is 91.9 Å². The van der Waals surface area contributed by atoms with Crippen LogP contribution in [0.4, 0.5) is 0 Å². The third kappa shape index (κ3) is 21.8. The topological polar surface area (TPSA) is 0 Å². The molecule has 0 radical (unpaired) electrons. The van der Waals surface area contributed by atoms with Crippen LogP contribution in [0, 0.1) is 25.6 Å². The number of benzene rings is 1. The van der Waals surface area contributed by atoms with Crippen molar-refractivity contribution in [1.82, 2.24) is 0 Å². The Labute approximate surface area is 164 Å². The summed E-state index contributed by atoms with van der Waals surface area (Å²) in [5.74, 6) is 0. The van der Waals surface area contributed by atoms with Gasteiger partial charge in [-0.25, -0.2) is 23.8 Å². The summed E-state index contributed by atoms with van der Waals surface area (Å²) in [6.07, 6.45) is 18.3. The predicted molar refractivity (Wildman–Crippen MR) is 101 cm³/mol. The fraction of sp³-hybridized carbons (Fsp3) is 0.158. The molecule has 2 aliphatic carbocycles. The first kappa shape index (κ1) is 29.5. The first-order valence-electron chi connectivity index (χ1n) is 6.12. The van der Waals surface area contributed by atoms with Crippen LogP contribution >= 0.6 is 24.8 Å². The second kappa shape index (κ2) is 25.5. The minimum Gasteiger partial charge on any atom is -0.358 e. The SMILES string of the molecule is CC1=[C-]CC=C1.Cl.Cl.[C-]1=CC=CC1.[CH2]=[Zr].[CH3-].[c-]1ccccc1. The van der Waals surface area contributed by atoms with Crippen molar-refractivity contribution in [2.24, 2.45) is 0 Å². The normalized spacial score (nSPS) is 11.4. The van der Waals surface area contributed by atoms with Crippen molar-refractivity contribution < 1.29 is 24.2 Å². The number of hydrogen-bond donors (Lipinski definition) is 0. The standard InChI is InChI=1S/C6H7.C6H5.C5H5.CH3.CH2.2ClH.Zr/c1-6-4-2-3-5-6;1-2-4-6-5-3-1;1-2-4-5-3-1;;;;;/h2,4H,3H2,1H3;1-5H;1-3H,4H2;1H3;1H2;2*1H;/q4*-1;;;;. The van der Waals surface area contributed by atoms with E-state index in [1.807, 2.05) is 42.5 Å². The Morgan fingerprint density at radius 2 is 1.64 bits per heavy atom. The molecule has 0 spiro atoms. The number of allylic oxidation sites excluding steroid dienone is 8. The molecule has 0 saturated heterocycles. The van der Waals surface area contributed by atoms with Crippen LogP contribution in [0.3, 0.4) is 0 Å². The van der Waals surface area contributed by atoms with Crippen LogP contribution in [0.15, 0.2) is 66.3 Å². The fourth-order valence-electron chi connectivity index (χ4n) is 1.20. The molecule has 0 bridgehead atoms. The van der Waals surface area contributed by atoms with Crippen LogP contribution < -0.4 is 0 Å². The molecule has 0 saturated carbocycles. The summed E-state index contributed by atoms with van der Waals surface area (Å²) < 4.78 is 3.34. The fourth-order valence-corrected chi connectivity index (χ4v) is 1.20. The maximum atomic E-state index is 3.34. The van der Waals surface area contributed by atoms with Gasteiger partial charge in [0.15, 0.2) is 0 Å². The maximum Gasteiger partial charge on any atom is -0.171 e. The van der Waals surface area contributed by atoms with Gasteiger partial charge in [-0.15, -0.1) is 37.7 Å². The summed E-state index contributed by atoms with van der Waals surface area (Å²) in [7, 11) is 0. The molecule has 22 heavy (non-hydrogen) atoms. The van der Waals surface area contributed by atoms with Crippen molar-refractivity contribution in [2.75, 3.05) is 0 Å². The largest absolute Gasteiger partial charge is 0.358 e. The molecule has 0 atom stereocenters. The van der Waals surface area contributed by atoms with Crippen molar-refractivity contribution in [2.45, 2.75) is 19.8 Å². The smallest absolute Gasteiger partial charge is 0.171 e. The zero-order valence-electron chi connectivity index (χ0n) is 13.2. The van der Waals surface area contributed by atoms with Gasteiger partial charge in [-0.2, -0.15) is 48.6 Å². The zero-order chi connectivity index (χ0) is 14.2. The molecule has 3 heteroatoms. The van der Waals surface area contributed by atoms with E-state index in [9.17, 15) is 0 Å². The Balaban J connectivity index is -0.0000000985. The summed E-state index contributed by atoms with van der Waals surface area (Å²) in [6.45, 7) is 2.06. The molecule has 0 unspecified atom stereocenters. The molecule has 0 N–H and O–H groups in total. The van der Waals surface area contributed by atoms with E-state index in [0.717, 1.165) is 12.8 Å². The molecule has 0 aromatic heterocycles. The molecular formula is C19H24Cl2Zr-4. The minimum absolute atomic E-state index is 0. The summed E-state index contributed by atoms with van der Waals surface area (Å²) in [6, 6.07) is 12.5. The van der Waals surface area contributed by atoms with Gasteiger partial charge in [-0.05, 0) is 0 Å². The second-order valence-electron chi connectivity index (χ2n) is 3.55. The van der Waals surface area contributed by atoms with Gasteiger partial charge in [0.25, 0.3) is 0 Å². The van der Waals surface area contributed by atoms with Crippen LogP contribution in [-0.4, -0.2) is 4.21 Å². The van der Waals surface area contributed by atoms with Crippen molar-refractivity contribution >= 4 is 29.0 Å². The van der Waals surface area contributed by atoms with E-state index in [1.54, 1.807) is 0 Å². The maximum absolute atomic E-state index is 3.34. The number of rotatable bonds is 0. The average molecular weight is 415 g/mol. The van der Waals surface area contributed by atoms with Crippen molar-refractivity contribution in [1.29, 1.82) is 0 Å². The molecule has 0 nitrogen and oxygen atoms in total. The van der Waals surface area contributed by atoms with Gasteiger partial charge in [0.2, 0.25) is 0 Å². The first-order chi connectivity index (χ1) is 9.39. The third-order valence-corrected chi connectivity index (χ3v) is 2.06. The minimum atomic E-state index is 0. The van der Waals surface area contributed by atoms with E-state index in [4.69, 9.17) is 0 Å². The molecular weight excluding hydrogens is 390 g/mol. The summed E-state index contributed by atoms with van der Waals surface area (Å²) >= 11 is 1.30. The van der Waals surface area contributed by atoms with E-state index in [2.05, 4.69) is 47.6 Å². The summed E-state index contributed by atoms with van der Waals surface area (Å²) in [5, 5.41) is 0. The second-order valence-corrected chi connectivity index (χ2v) is 3.55. The average Bonchev–Trinajstić information content (AvgIpc) is 3.19. The van der Waals surface area contributed by atoms with E-state index in [-0.39, 0.29) is 32.2 Å². The van der Waals surface area contributed by atoms with Gasteiger partial charge >= 0.3 is 28.4 Å². The van der Waals surface area contributed by atoms with Crippen LogP contribution in [0.5, 0.6) is 0 Å². The monoisotopic (exact) mass is 412 g/mol. The Bertz CT molecular complexity index is 381.